The van der Waals surface area contributed by atoms with Crippen LogP contribution in [0.15, 0.2) is 30.3 Å². The first-order valence-corrected chi connectivity index (χ1v) is 5.99. The van der Waals surface area contributed by atoms with Gasteiger partial charge in [0.15, 0.2) is 0 Å². The highest BCUT2D eigenvalue weighted by Crippen LogP contribution is 2.19. The monoisotopic (exact) mass is 248 g/mol. The zero-order chi connectivity index (χ0) is 12.8. The lowest BCUT2D eigenvalue weighted by Crippen LogP contribution is -2.25. The van der Waals surface area contributed by atoms with Crippen LogP contribution in [0.3, 0.4) is 0 Å². The Morgan fingerprint density at radius 3 is 2.89 bits per heavy atom. The Labute approximate surface area is 106 Å². The van der Waals surface area contributed by atoms with Gasteiger partial charge < -0.3 is 14.6 Å². The molecule has 0 aromatic heterocycles. The topological polar surface area (TPSA) is 55.8 Å². The number of ether oxygens (including phenoxy) is 2. The predicted octanol–water partition coefficient (Wildman–Crippen LogP) is 2.34. The number of benzene rings is 1. The van der Waals surface area contributed by atoms with E-state index in [1.54, 1.807) is 6.08 Å². The molecule has 1 aliphatic rings. The molecule has 1 aromatic rings. The standard InChI is InChI=1S/C14H16O4/c15-14(16)5-4-11-2-1-3-13(10-11)18-12-6-8-17-9-7-12/h1-5,10,12H,6-9H2,(H,15,16). The minimum absolute atomic E-state index is 0.192. The van der Waals surface area contributed by atoms with Gasteiger partial charge in [-0.2, -0.15) is 0 Å². The lowest BCUT2D eigenvalue weighted by Gasteiger charge is -2.23. The first kappa shape index (κ1) is 12.6. The Hall–Kier alpha value is -1.81. The quantitative estimate of drug-likeness (QED) is 0.831. The van der Waals surface area contributed by atoms with Crippen molar-refractivity contribution in [3.63, 3.8) is 0 Å². The summed E-state index contributed by atoms with van der Waals surface area (Å²) in [6.07, 6.45) is 4.66. The van der Waals surface area contributed by atoms with Gasteiger partial charge in [0.1, 0.15) is 11.9 Å². The first-order chi connectivity index (χ1) is 8.74. The van der Waals surface area contributed by atoms with Crippen LogP contribution in [0.1, 0.15) is 18.4 Å². The van der Waals surface area contributed by atoms with Crippen LogP contribution in [0.4, 0.5) is 0 Å². The molecule has 96 valence electrons. The molecule has 1 fully saturated rings. The lowest BCUT2D eigenvalue weighted by molar-refractivity contribution is -0.131. The number of carboxylic acids is 1. The van der Waals surface area contributed by atoms with E-state index >= 15 is 0 Å². The maximum absolute atomic E-state index is 10.4. The van der Waals surface area contributed by atoms with Crippen molar-refractivity contribution in [2.75, 3.05) is 13.2 Å². The fourth-order valence-corrected chi connectivity index (χ4v) is 1.85. The van der Waals surface area contributed by atoms with Crippen LogP contribution in [0.5, 0.6) is 5.75 Å². The maximum atomic E-state index is 10.4. The molecule has 0 spiro atoms. The van der Waals surface area contributed by atoms with Gasteiger partial charge in [-0.1, -0.05) is 12.1 Å². The predicted molar refractivity (Wildman–Crippen MR) is 67.6 cm³/mol. The summed E-state index contributed by atoms with van der Waals surface area (Å²) in [5, 5.41) is 8.57. The maximum Gasteiger partial charge on any atom is 0.328 e. The summed E-state index contributed by atoms with van der Waals surface area (Å²) in [6, 6.07) is 7.43. The average molecular weight is 248 g/mol. The van der Waals surface area contributed by atoms with Crippen LogP contribution in [-0.2, 0) is 9.53 Å². The van der Waals surface area contributed by atoms with E-state index in [0.29, 0.717) is 0 Å². The van der Waals surface area contributed by atoms with Crippen molar-refractivity contribution < 1.29 is 19.4 Å². The van der Waals surface area contributed by atoms with E-state index in [-0.39, 0.29) is 6.10 Å². The molecule has 18 heavy (non-hydrogen) atoms. The largest absolute Gasteiger partial charge is 0.490 e. The van der Waals surface area contributed by atoms with Crippen LogP contribution >= 0.6 is 0 Å². The van der Waals surface area contributed by atoms with E-state index < -0.39 is 5.97 Å². The van der Waals surface area contributed by atoms with Crippen molar-refractivity contribution in [1.82, 2.24) is 0 Å². The van der Waals surface area contributed by atoms with Gasteiger partial charge in [0, 0.05) is 18.9 Å². The minimum atomic E-state index is -0.953. The molecular weight excluding hydrogens is 232 g/mol. The third-order valence-corrected chi connectivity index (χ3v) is 2.75. The van der Waals surface area contributed by atoms with Crippen molar-refractivity contribution in [2.24, 2.45) is 0 Å². The van der Waals surface area contributed by atoms with Gasteiger partial charge >= 0.3 is 5.97 Å². The second kappa shape index (κ2) is 6.21. The Kier molecular flexibility index (Phi) is 4.36. The third-order valence-electron chi connectivity index (χ3n) is 2.75. The highest BCUT2D eigenvalue weighted by Gasteiger charge is 2.14. The Bertz CT molecular complexity index is 433. The molecule has 1 heterocycles. The van der Waals surface area contributed by atoms with Gasteiger partial charge in [-0.3, -0.25) is 0 Å². The molecule has 1 aliphatic heterocycles. The van der Waals surface area contributed by atoms with Crippen LogP contribution in [0, 0.1) is 0 Å². The van der Waals surface area contributed by atoms with Gasteiger partial charge in [0.2, 0.25) is 0 Å². The summed E-state index contributed by atoms with van der Waals surface area (Å²) in [4.78, 5) is 10.4. The smallest absolute Gasteiger partial charge is 0.328 e. The molecule has 0 bridgehead atoms. The van der Waals surface area contributed by atoms with Gasteiger partial charge in [0.05, 0.1) is 13.2 Å². The second-order valence-electron chi connectivity index (χ2n) is 4.17. The Balaban J connectivity index is 2.00. The normalized spacial score (nSPS) is 16.9. The Morgan fingerprint density at radius 2 is 2.17 bits per heavy atom. The van der Waals surface area contributed by atoms with Crippen LogP contribution in [0.2, 0.25) is 0 Å². The van der Waals surface area contributed by atoms with Gasteiger partial charge in [0.25, 0.3) is 0 Å². The van der Waals surface area contributed by atoms with Crippen molar-refractivity contribution in [3.8, 4) is 5.75 Å². The molecule has 4 nitrogen and oxygen atoms in total. The lowest BCUT2D eigenvalue weighted by atomic mass is 10.1. The molecule has 2 rings (SSSR count). The van der Waals surface area contributed by atoms with E-state index in [4.69, 9.17) is 14.6 Å². The zero-order valence-corrected chi connectivity index (χ0v) is 10.0. The Morgan fingerprint density at radius 1 is 1.39 bits per heavy atom. The molecule has 4 heteroatoms. The van der Waals surface area contributed by atoms with Crippen molar-refractivity contribution in [2.45, 2.75) is 18.9 Å². The molecule has 1 saturated heterocycles. The number of aliphatic carboxylic acids is 1. The SMILES string of the molecule is O=C(O)C=Cc1cccc(OC2CCOCC2)c1. The van der Waals surface area contributed by atoms with E-state index in [2.05, 4.69) is 0 Å². The van der Waals surface area contributed by atoms with Gasteiger partial charge in [-0.15, -0.1) is 0 Å². The molecule has 0 aliphatic carbocycles. The summed E-state index contributed by atoms with van der Waals surface area (Å²) in [5.41, 5.74) is 0.821. The van der Waals surface area contributed by atoms with E-state index in [0.717, 1.165) is 43.4 Å². The number of hydrogen-bond acceptors (Lipinski definition) is 3. The molecule has 0 amide bonds. The van der Waals surface area contributed by atoms with E-state index in [1.807, 2.05) is 24.3 Å². The first-order valence-electron chi connectivity index (χ1n) is 5.99. The van der Waals surface area contributed by atoms with Crippen molar-refractivity contribution in [3.05, 3.63) is 35.9 Å². The van der Waals surface area contributed by atoms with Crippen LogP contribution in [0.25, 0.3) is 6.08 Å². The fraction of sp³-hybridized carbons (Fsp3) is 0.357. The second-order valence-corrected chi connectivity index (χ2v) is 4.17. The fourth-order valence-electron chi connectivity index (χ4n) is 1.85. The number of rotatable bonds is 4. The van der Waals surface area contributed by atoms with Gasteiger partial charge in [-0.25, -0.2) is 4.79 Å². The zero-order valence-electron chi connectivity index (χ0n) is 10.0. The van der Waals surface area contributed by atoms with Crippen LogP contribution < -0.4 is 4.74 Å². The number of carboxylic acid groups (broad SMARTS) is 1. The molecule has 1 aromatic carbocycles. The summed E-state index contributed by atoms with van der Waals surface area (Å²) in [7, 11) is 0. The van der Waals surface area contributed by atoms with Crippen LogP contribution in [-0.4, -0.2) is 30.4 Å². The summed E-state index contributed by atoms with van der Waals surface area (Å²) in [6.45, 7) is 1.48. The summed E-state index contributed by atoms with van der Waals surface area (Å²) < 4.78 is 11.1. The number of carbonyl (C=O) groups is 1. The molecule has 0 atom stereocenters. The molecule has 0 saturated carbocycles. The van der Waals surface area contributed by atoms with E-state index in [1.165, 1.54) is 0 Å². The average Bonchev–Trinajstić information content (AvgIpc) is 2.38. The highest BCUT2D eigenvalue weighted by atomic mass is 16.5. The van der Waals surface area contributed by atoms with E-state index in [9.17, 15) is 4.79 Å². The molecule has 1 N–H and O–H groups in total. The molecule has 0 unspecified atom stereocenters. The van der Waals surface area contributed by atoms with Crippen molar-refractivity contribution in [1.29, 1.82) is 0 Å². The molecular formula is C14H16O4. The molecule has 0 radical (unpaired) electrons. The van der Waals surface area contributed by atoms with Crippen molar-refractivity contribution >= 4 is 12.0 Å². The summed E-state index contributed by atoms with van der Waals surface area (Å²) >= 11 is 0. The number of hydrogen-bond donors (Lipinski definition) is 1. The third kappa shape index (κ3) is 3.89. The van der Waals surface area contributed by atoms with Gasteiger partial charge in [-0.05, 0) is 23.8 Å². The minimum Gasteiger partial charge on any atom is -0.490 e. The summed E-state index contributed by atoms with van der Waals surface area (Å²) in [5.74, 6) is -0.180. The highest BCUT2D eigenvalue weighted by molar-refractivity contribution is 5.85.